The van der Waals surface area contributed by atoms with Crippen LogP contribution in [0, 0.1) is 23.7 Å². The highest BCUT2D eigenvalue weighted by molar-refractivity contribution is 6.32. The summed E-state index contributed by atoms with van der Waals surface area (Å²) in [5, 5.41) is 18.4. The Morgan fingerprint density at radius 2 is 1.34 bits per heavy atom. The summed E-state index contributed by atoms with van der Waals surface area (Å²) in [4.78, 5) is 103. The van der Waals surface area contributed by atoms with E-state index < -0.39 is 96.2 Å². The highest BCUT2D eigenvalue weighted by Gasteiger charge is 2.33. The van der Waals surface area contributed by atoms with Crippen LogP contribution in [0.5, 0.6) is 11.5 Å². The van der Waals surface area contributed by atoms with Gasteiger partial charge in [-0.05, 0) is 97.2 Å². The number of carboxylic acid groups (broad SMARTS) is 1. The number of aliphatic carboxylic acids is 1. The van der Waals surface area contributed by atoms with E-state index >= 15 is 0 Å². The minimum absolute atomic E-state index is 0. The van der Waals surface area contributed by atoms with E-state index in [2.05, 4.69) is 16.0 Å². The molecule has 1 heterocycles. The number of hydrogen-bond donors (Lipinski definition) is 5. The molecule has 4 aromatic carbocycles. The summed E-state index contributed by atoms with van der Waals surface area (Å²) in [5.41, 5.74) is 8.97. The van der Waals surface area contributed by atoms with E-state index in [0.717, 1.165) is 11.1 Å². The summed E-state index contributed by atoms with van der Waals surface area (Å²) in [6.45, 7) is 14.7. The number of nitrogens with two attached hydrogens (primary N) is 1. The molecule has 19 nitrogen and oxygen atoms in total. The van der Waals surface area contributed by atoms with Gasteiger partial charge in [0.05, 0.1) is 37.1 Å². The molecule has 5 rings (SSSR count). The molecule has 508 valence electrons. The molecule has 4 aromatic rings. The normalized spacial score (nSPS) is 18.7. The van der Waals surface area contributed by atoms with Gasteiger partial charge in [0.2, 0.25) is 17.7 Å². The Morgan fingerprint density at radius 3 is 1.89 bits per heavy atom. The lowest BCUT2D eigenvalue weighted by molar-refractivity contribution is -0.174. The third kappa shape index (κ3) is 30.4. The molecule has 0 fully saturated rings. The minimum Gasteiger partial charge on any atom is -0.495 e. The summed E-state index contributed by atoms with van der Waals surface area (Å²) in [6.07, 6.45) is 10.5. The fourth-order valence-electron chi connectivity index (χ4n) is 9.27. The van der Waals surface area contributed by atoms with Crippen molar-refractivity contribution < 1.29 is 71.9 Å². The second-order valence-corrected chi connectivity index (χ2v) is 24.1. The van der Waals surface area contributed by atoms with Crippen LogP contribution in [0.3, 0.4) is 0 Å². The van der Waals surface area contributed by atoms with Crippen LogP contribution < -0.4 is 31.2 Å². The van der Waals surface area contributed by atoms with Crippen LogP contribution in [0.1, 0.15) is 131 Å². The van der Waals surface area contributed by atoms with Gasteiger partial charge < -0.3 is 55.2 Å². The Morgan fingerprint density at radius 1 is 0.763 bits per heavy atom. The number of amides is 3. The van der Waals surface area contributed by atoms with Gasteiger partial charge in [-0.25, -0.2) is 14.4 Å². The second kappa shape index (κ2) is 42.1. The predicted octanol–water partition coefficient (Wildman–Crippen LogP) is 12.1. The zero-order chi connectivity index (χ0) is 67.2. The van der Waals surface area contributed by atoms with Crippen LogP contribution in [0.15, 0.2) is 134 Å². The van der Waals surface area contributed by atoms with Gasteiger partial charge in [0.25, 0.3) is 0 Å². The van der Waals surface area contributed by atoms with Crippen molar-refractivity contribution in [3.05, 3.63) is 166 Å². The van der Waals surface area contributed by atoms with E-state index in [-0.39, 0.29) is 89.9 Å². The van der Waals surface area contributed by atoms with Crippen LogP contribution in [-0.4, -0.2) is 115 Å². The zero-order valence-electron chi connectivity index (χ0n) is 53.4. The maximum absolute atomic E-state index is 13.3. The van der Waals surface area contributed by atoms with Gasteiger partial charge in [-0.2, -0.15) is 0 Å². The summed E-state index contributed by atoms with van der Waals surface area (Å²) in [5.74, 6) is -4.93. The highest BCUT2D eigenvalue weighted by Crippen LogP contribution is 2.28. The quantitative estimate of drug-likeness (QED) is 0.0222. The van der Waals surface area contributed by atoms with Crippen molar-refractivity contribution in [3.8, 4) is 11.5 Å². The molecule has 1 aliphatic heterocycles. The summed E-state index contributed by atoms with van der Waals surface area (Å²) in [7, 11) is 2.98. The number of carbonyl (C=O) groups is 8. The maximum Gasteiger partial charge on any atom is 0.347 e. The number of rotatable bonds is 26. The highest BCUT2D eigenvalue weighted by atomic mass is 35.5. The lowest BCUT2D eigenvalue weighted by atomic mass is 9.99. The molecule has 0 radical (unpaired) electrons. The van der Waals surface area contributed by atoms with Gasteiger partial charge in [-0.3, -0.25) is 24.0 Å². The summed E-state index contributed by atoms with van der Waals surface area (Å²) >= 11 is 12.5. The monoisotopic (exact) mass is 1330 g/mol. The van der Waals surface area contributed by atoms with Crippen LogP contribution >= 0.6 is 23.2 Å². The van der Waals surface area contributed by atoms with E-state index in [4.69, 9.17) is 57.4 Å². The van der Waals surface area contributed by atoms with Crippen molar-refractivity contribution in [3.63, 3.8) is 0 Å². The molecule has 0 saturated heterocycles. The summed E-state index contributed by atoms with van der Waals surface area (Å²) in [6, 6.07) is 26.1. The van der Waals surface area contributed by atoms with E-state index in [9.17, 15) is 43.5 Å². The fourth-order valence-corrected chi connectivity index (χ4v) is 9.83. The van der Waals surface area contributed by atoms with E-state index in [1.54, 1.807) is 56.3 Å². The average molecular weight is 1330 g/mol. The molecule has 0 saturated carbocycles. The molecule has 93 heavy (non-hydrogen) atoms. The van der Waals surface area contributed by atoms with Gasteiger partial charge in [0.15, 0.2) is 12.2 Å². The standard InChI is InChI=1S/C35H45ClN2O8.C35H43ClN2O7.2CH4/c1-22(2)18-31(45-33(40)19-24(4)37)35(43)46-29(23(3)14-15-25-10-7-6-8-11-25)12-9-13-32(39)38-28(34(41)42)21-26-16-17-30(44-5)27(36)20-26;1-22(2)18-31-35(42)45-29(23(3)14-15-25-10-7-6-8-11-25)12-9-13-32(39)38-28(34(41)37-24(4)19-33(40)44-31)21-26-16-17-30(43-5)27(36)20-26;;/h6-11,13-17,20,22-24,28-29,31H,12,18-19,21,37H2,1-5H3,(H,38,39)(H,41,42);6-11,13-17,20,22-24,28-29,31H,12,18-19,21H2,1-5H3,(H,37,41)(H,38,39);2*1H4/b2*13-9+,15-14+;;/t2*23-,24-,28-,29+,31+;;/m11../s1. The number of halogens is 2. The molecule has 6 N–H and O–H groups in total. The molecule has 0 bridgehead atoms. The van der Waals surface area contributed by atoms with Crippen molar-refractivity contribution in [1.29, 1.82) is 0 Å². The molecule has 21 heteroatoms. The number of methoxy groups -OCH3 is 2. The molecule has 1 aliphatic rings. The van der Waals surface area contributed by atoms with Crippen molar-refractivity contribution in [2.75, 3.05) is 14.2 Å². The Labute approximate surface area is 559 Å². The number of ether oxygens (including phenoxy) is 6. The third-order valence-electron chi connectivity index (χ3n) is 14.1. The lowest BCUT2D eigenvalue weighted by Gasteiger charge is -2.26. The van der Waals surface area contributed by atoms with Crippen LogP contribution in [-0.2, 0) is 70.1 Å². The number of carbonyl (C=O) groups excluding carboxylic acids is 7. The number of esters is 4. The largest absolute Gasteiger partial charge is 0.495 e. The average Bonchev–Trinajstić information content (AvgIpc) is 1.44. The van der Waals surface area contributed by atoms with Crippen molar-refractivity contribution >= 4 is 82.9 Å². The van der Waals surface area contributed by atoms with Crippen molar-refractivity contribution in [2.45, 2.75) is 170 Å². The maximum atomic E-state index is 13.3. The molecule has 0 aromatic heterocycles. The first kappa shape index (κ1) is 80.8. The van der Waals surface area contributed by atoms with Gasteiger partial charge in [0, 0.05) is 49.6 Å². The van der Waals surface area contributed by atoms with Gasteiger partial charge in [0.1, 0.15) is 35.8 Å². The molecular weight excluding hydrogens is 1230 g/mol. The number of nitrogens with one attached hydrogen (secondary N) is 3. The Balaban J connectivity index is 0.000000620. The molecule has 0 spiro atoms. The minimum atomic E-state index is -1.22. The molecule has 0 unspecified atom stereocenters. The zero-order valence-corrected chi connectivity index (χ0v) is 54.9. The van der Waals surface area contributed by atoms with Crippen LogP contribution in [0.25, 0.3) is 12.2 Å². The number of cyclic esters (lactones) is 2. The van der Waals surface area contributed by atoms with E-state index in [0.29, 0.717) is 32.7 Å². The SMILES string of the molecule is C.C.COc1ccc(C[C@@H](NC(=O)/C=C/C[C@H](OC(=O)[C@H](CC(C)C)OC(=O)C[C@@H](C)N)[C@H](C)/C=C/c2ccccc2)C(=O)O)cc1Cl.COc1ccc(C[C@H]2NC(=O)/C=C/C[C@@H]([C@H](C)/C=C/c3ccccc3)OC(=O)[C@H](CC(C)C)OC(=O)C[C@@H](C)NC2=O)cc1Cl. The lowest BCUT2D eigenvalue weighted by Crippen LogP contribution is -2.50. The number of benzene rings is 4. The second-order valence-electron chi connectivity index (χ2n) is 23.3. The number of carboxylic acids is 1. The first-order chi connectivity index (χ1) is 43.2. The Kier molecular flexibility index (Phi) is 36.6. The van der Waals surface area contributed by atoms with Gasteiger partial charge in [-0.15, -0.1) is 0 Å². The van der Waals surface area contributed by atoms with Gasteiger partial charge in [-0.1, -0.05) is 189 Å². The number of hydrogen-bond acceptors (Lipinski definition) is 15. The van der Waals surface area contributed by atoms with E-state index in [1.165, 1.54) is 32.4 Å². The smallest absolute Gasteiger partial charge is 0.347 e. The Hall–Kier alpha value is -8.26. The van der Waals surface area contributed by atoms with Crippen LogP contribution in [0.2, 0.25) is 10.0 Å². The van der Waals surface area contributed by atoms with Crippen LogP contribution in [0.4, 0.5) is 0 Å². The van der Waals surface area contributed by atoms with E-state index in [1.807, 2.05) is 127 Å². The molecule has 3 amide bonds. The Bertz CT molecular complexity index is 3150. The predicted molar refractivity (Wildman–Crippen MR) is 364 cm³/mol. The van der Waals surface area contributed by atoms with Crippen molar-refractivity contribution in [2.24, 2.45) is 29.4 Å². The molecule has 10 atom stereocenters. The van der Waals surface area contributed by atoms with Gasteiger partial charge >= 0.3 is 29.8 Å². The topological polar surface area (TPSA) is 274 Å². The molecule has 0 aliphatic carbocycles. The molecular formula is C72H96Cl2N4O15. The first-order valence-electron chi connectivity index (χ1n) is 30.4. The third-order valence-corrected chi connectivity index (χ3v) is 14.7. The fraction of sp³-hybridized carbons (Fsp3) is 0.444. The summed E-state index contributed by atoms with van der Waals surface area (Å²) < 4.78 is 33.2. The first-order valence-corrected chi connectivity index (χ1v) is 31.1. The van der Waals surface area contributed by atoms with Crippen molar-refractivity contribution in [1.82, 2.24) is 16.0 Å².